The number of halogens is 1. The number of anilines is 1. The maximum atomic E-state index is 11.2. The first-order chi connectivity index (χ1) is 9.13. The number of rotatable bonds is 3. The van der Waals surface area contributed by atoms with Gasteiger partial charge in [0.15, 0.2) is 0 Å². The van der Waals surface area contributed by atoms with Crippen molar-refractivity contribution >= 4 is 22.7 Å². The summed E-state index contributed by atoms with van der Waals surface area (Å²) in [4.78, 5) is 15.1. The van der Waals surface area contributed by atoms with Crippen molar-refractivity contribution in [2.45, 2.75) is 18.9 Å². The minimum absolute atomic E-state index is 0.232. The average molecular weight is 283 g/mol. The lowest BCUT2D eigenvalue weighted by molar-refractivity contribution is 0.202. The third-order valence-electron chi connectivity index (χ3n) is 3.72. The average Bonchev–Trinajstić information content (AvgIpc) is 2.46. The zero-order valence-corrected chi connectivity index (χ0v) is 12.1. The smallest absolute Gasteiger partial charge is 0.316 e. The predicted molar refractivity (Wildman–Crippen MR) is 77.2 cm³/mol. The second-order valence-corrected chi connectivity index (χ2v) is 5.08. The van der Waals surface area contributed by atoms with E-state index in [1.165, 1.54) is 0 Å². The van der Waals surface area contributed by atoms with Crippen LogP contribution in [0.1, 0.15) is 12.8 Å². The fourth-order valence-electron chi connectivity index (χ4n) is 2.53. The Labute approximate surface area is 118 Å². The number of methoxy groups -OCH3 is 1. The molecule has 5 heteroatoms. The van der Waals surface area contributed by atoms with Gasteiger partial charge in [-0.2, -0.15) is 0 Å². The van der Waals surface area contributed by atoms with Gasteiger partial charge in [0, 0.05) is 26.2 Å². The van der Waals surface area contributed by atoms with E-state index in [0.717, 1.165) is 37.4 Å². The largest absolute Gasteiger partial charge is 0.495 e. The highest BCUT2D eigenvalue weighted by Crippen LogP contribution is 2.30. The molecule has 1 aromatic carbocycles. The van der Waals surface area contributed by atoms with Crippen LogP contribution >= 0.6 is 11.6 Å². The molecule has 0 aliphatic carbocycles. The number of para-hydroxylation sites is 2. The molecule has 1 heterocycles. The molecule has 0 bridgehead atoms. The maximum Gasteiger partial charge on any atom is 0.316 e. The summed E-state index contributed by atoms with van der Waals surface area (Å²) in [5.74, 6) is 0.891. The van der Waals surface area contributed by atoms with E-state index in [0.29, 0.717) is 0 Å². The number of ether oxygens (including phenoxy) is 1. The minimum atomic E-state index is -0.379. The first-order valence-electron chi connectivity index (χ1n) is 6.43. The summed E-state index contributed by atoms with van der Waals surface area (Å²) < 4.78 is 5.38. The van der Waals surface area contributed by atoms with Crippen molar-refractivity contribution in [3.05, 3.63) is 24.3 Å². The molecule has 1 aliphatic rings. The summed E-state index contributed by atoms with van der Waals surface area (Å²) in [7, 11) is 3.45. The summed E-state index contributed by atoms with van der Waals surface area (Å²) in [5, 5.41) is -0.379. The number of benzene rings is 1. The highest BCUT2D eigenvalue weighted by Gasteiger charge is 2.25. The first-order valence-corrected chi connectivity index (χ1v) is 6.81. The summed E-state index contributed by atoms with van der Waals surface area (Å²) in [5.41, 5.74) is 1.11. The summed E-state index contributed by atoms with van der Waals surface area (Å²) in [6, 6.07) is 8.25. The van der Waals surface area contributed by atoms with Crippen molar-refractivity contribution in [3.8, 4) is 5.75 Å². The van der Waals surface area contributed by atoms with Crippen molar-refractivity contribution in [2.75, 3.05) is 32.1 Å². The molecule has 1 aromatic rings. The number of amides is 1. The quantitative estimate of drug-likeness (QED) is 0.631. The Kier molecular flexibility index (Phi) is 4.53. The molecule has 0 spiro atoms. The van der Waals surface area contributed by atoms with Crippen LogP contribution in [0.4, 0.5) is 10.5 Å². The zero-order chi connectivity index (χ0) is 13.8. The summed E-state index contributed by atoms with van der Waals surface area (Å²) in [6.07, 6.45) is 1.85. The third-order valence-corrected chi connectivity index (χ3v) is 3.98. The molecule has 1 saturated heterocycles. The standard InChI is InChI=1S/C14H19ClN2O2/c1-16(14(15)18)11-7-9-17(10-8-11)12-5-3-4-6-13(12)19-2/h3-6,11H,7-10H2,1-2H3. The third kappa shape index (κ3) is 3.13. The number of nitrogens with zero attached hydrogens (tertiary/aromatic N) is 2. The Bertz CT molecular complexity index is 445. The minimum Gasteiger partial charge on any atom is -0.495 e. The Balaban J connectivity index is 2.02. The molecule has 0 radical (unpaired) electrons. The van der Waals surface area contributed by atoms with Crippen LogP contribution in [-0.4, -0.2) is 43.6 Å². The second-order valence-electron chi connectivity index (χ2n) is 4.75. The molecular formula is C14H19ClN2O2. The van der Waals surface area contributed by atoms with E-state index >= 15 is 0 Å². The van der Waals surface area contributed by atoms with Crippen LogP contribution in [0.3, 0.4) is 0 Å². The second kappa shape index (κ2) is 6.15. The van der Waals surface area contributed by atoms with Crippen LogP contribution in [0.2, 0.25) is 0 Å². The molecule has 1 fully saturated rings. The van der Waals surface area contributed by atoms with Gasteiger partial charge in [-0.25, -0.2) is 0 Å². The van der Waals surface area contributed by atoms with Gasteiger partial charge in [-0.1, -0.05) is 12.1 Å². The van der Waals surface area contributed by atoms with E-state index in [1.807, 2.05) is 18.2 Å². The van der Waals surface area contributed by atoms with Crippen molar-refractivity contribution in [3.63, 3.8) is 0 Å². The van der Waals surface area contributed by atoms with Crippen LogP contribution in [0, 0.1) is 0 Å². The van der Waals surface area contributed by atoms with Gasteiger partial charge in [-0.3, -0.25) is 4.79 Å². The van der Waals surface area contributed by atoms with Crippen LogP contribution in [-0.2, 0) is 0 Å². The molecule has 19 heavy (non-hydrogen) atoms. The van der Waals surface area contributed by atoms with Gasteiger partial charge in [-0.15, -0.1) is 0 Å². The molecule has 1 aliphatic heterocycles. The van der Waals surface area contributed by atoms with E-state index in [2.05, 4.69) is 11.0 Å². The molecular weight excluding hydrogens is 264 g/mol. The Morgan fingerprint density at radius 3 is 2.58 bits per heavy atom. The normalized spacial score (nSPS) is 16.3. The van der Waals surface area contributed by atoms with Gasteiger partial charge >= 0.3 is 5.37 Å². The van der Waals surface area contributed by atoms with Crippen molar-refractivity contribution in [2.24, 2.45) is 0 Å². The lowest BCUT2D eigenvalue weighted by Gasteiger charge is -2.37. The predicted octanol–water partition coefficient (Wildman–Crippen LogP) is 2.95. The van der Waals surface area contributed by atoms with Gasteiger partial charge in [0.2, 0.25) is 0 Å². The lowest BCUT2D eigenvalue weighted by atomic mass is 10.0. The lowest BCUT2D eigenvalue weighted by Crippen LogP contribution is -2.44. The van der Waals surface area contributed by atoms with Crippen molar-refractivity contribution in [1.82, 2.24) is 4.90 Å². The van der Waals surface area contributed by atoms with Crippen LogP contribution < -0.4 is 9.64 Å². The SMILES string of the molecule is COc1ccccc1N1CCC(N(C)C(=O)Cl)CC1. The fraction of sp³-hybridized carbons (Fsp3) is 0.500. The Hall–Kier alpha value is -1.42. The Morgan fingerprint density at radius 2 is 2.00 bits per heavy atom. The Morgan fingerprint density at radius 1 is 1.37 bits per heavy atom. The highest BCUT2D eigenvalue weighted by molar-refractivity contribution is 6.62. The molecule has 104 valence electrons. The van der Waals surface area contributed by atoms with E-state index < -0.39 is 0 Å². The van der Waals surface area contributed by atoms with Gasteiger partial charge in [0.1, 0.15) is 5.75 Å². The molecule has 0 atom stereocenters. The van der Waals surface area contributed by atoms with Gasteiger partial charge in [0.25, 0.3) is 0 Å². The molecule has 0 unspecified atom stereocenters. The number of hydrogen-bond acceptors (Lipinski definition) is 3. The van der Waals surface area contributed by atoms with Crippen molar-refractivity contribution < 1.29 is 9.53 Å². The van der Waals surface area contributed by atoms with E-state index in [-0.39, 0.29) is 11.4 Å². The summed E-state index contributed by atoms with van der Waals surface area (Å²) in [6.45, 7) is 1.80. The van der Waals surface area contributed by atoms with Crippen molar-refractivity contribution in [1.29, 1.82) is 0 Å². The number of piperidine rings is 1. The molecule has 0 N–H and O–H groups in total. The number of carbonyl (C=O) groups is 1. The highest BCUT2D eigenvalue weighted by atomic mass is 35.5. The maximum absolute atomic E-state index is 11.2. The van der Waals surface area contributed by atoms with E-state index in [4.69, 9.17) is 16.3 Å². The van der Waals surface area contributed by atoms with Crippen LogP contribution in [0.5, 0.6) is 5.75 Å². The molecule has 0 aromatic heterocycles. The van der Waals surface area contributed by atoms with Gasteiger partial charge in [0.05, 0.1) is 12.8 Å². The summed E-state index contributed by atoms with van der Waals surface area (Å²) >= 11 is 5.52. The molecule has 0 saturated carbocycles. The van der Waals surface area contributed by atoms with Crippen LogP contribution in [0.25, 0.3) is 0 Å². The monoisotopic (exact) mass is 282 g/mol. The van der Waals surface area contributed by atoms with Crippen LogP contribution in [0.15, 0.2) is 24.3 Å². The van der Waals surface area contributed by atoms with E-state index in [9.17, 15) is 4.79 Å². The molecule has 4 nitrogen and oxygen atoms in total. The zero-order valence-electron chi connectivity index (χ0n) is 11.3. The molecule has 1 amide bonds. The topological polar surface area (TPSA) is 32.8 Å². The van der Waals surface area contributed by atoms with E-state index in [1.54, 1.807) is 19.1 Å². The molecule has 2 rings (SSSR count). The first kappa shape index (κ1) is 14.0. The fourth-order valence-corrected chi connectivity index (χ4v) is 2.67. The van der Waals surface area contributed by atoms with Gasteiger partial charge < -0.3 is 14.5 Å². The van der Waals surface area contributed by atoms with Gasteiger partial charge in [-0.05, 0) is 36.6 Å². The number of carbonyl (C=O) groups excluding carboxylic acids is 1. The number of hydrogen-bond donors (Lipinski definition) is 0.